The molecule has 52 valence electrons. The minimum Gasteiger partial charge on any atom is -0.451 e. The Balaban J connectivity index is 2.63. The number of hydrogen-bond donors (Lipinski definition) is 0. The smallest absolute Gasteiger partial charge is 0.433 e. The first-order chi connectivity index (χ1) is 4.83. The van der Waals surface area contributed by atoms with Gasteiger partial charge in [-0.05, 0) is 12.2 Å². The maximum absolute atomic E-state index is 10.5. The molecular weight excluding hydrogens is 130 g/mol. The second kappa shape index (κ2) is 2.96. The van der Waals surface area contributed by atoms with Gasteiger partial charge in [0.2, 0.25) is 0 Å². The highest BCUT2D eigenvalue weighted by Gasteiger charge is 1.97. The summed E-state index contributed by atoms with van der Waals surface area (Å²) in [5.74, 6) is 0. The monoisotopic (exact) mass is 137 g/mol. The van der Waals surface area contributed by atoms with Crippen LogP contribution < -0.4 is 0 Å². The number of rotatable bonds is 0. The molecule has 3 heteroatoms. The van der Waals surface area contributed by atoms with Crippen LogP contribution in [0.1, 0.15) is 0 Å². The Hall–Kier alpha value is -1.38. The highest BCUT2D eigenvalue weighted by Crippen LogP contribution is 1.96. The Morgan fingerprint density at radius 2 is 2.10 bits per heavy atom. The van der Waals surface area contributed by atoms with Crippen LogP contribution in [0.2, 0.25) is 0 Å². The van der Waals surface area contributed by atoms with Gasteiger partial charge >= 0.3 is 6.09 Å². The van der Waals surface area contributed by atoms with E-state index < -0.39 is 6.09 Å². The molecule has 0 saturated heterocycles. The molecule has 0 saturated carbocycles. The van der Waals surface area contributed by atoms with Gasteiger partial charge in [-0.3, -0.25) is 0 Å². The largest absolute Gasteiger partial charge is 0.451 e. The van der Waals surface area contributed by atoms with Crippen LogP contribution >= 0.6 is 0 Å². The molecule has 1 aliphatic rings. The summed E-state index contributed by atoms with van der Waals surface area (Å²) in [5.41, 5.74) is 0.631. The zero-order valence-corrected chi connectivity index (χ0v) is 5.57. The molecule has 0 N–H and O–H groups in total. The van der Waals surface area contributed by atoms with E-state index in [4.69, 9.17) is 0 Å². The SMILES string of the molecule is COC(=O)N=C1C=CC=C1. The first-order valence-corrected chi connectivity index (χ1v) is 2.84. The quantitative estimate of drug-likeness (QED) is 0.505. The lowest BCUT2D eigenvalue weighted by atomic mass is 10.4. The molecule has 3 nitrogen and oxygen atoms in total. The molecule has 10 heavy (non-hydrogen) atoms. The molecule has 0 aromatic rings. The summed E-state index contributed by atoms with van der Waals surface area (Å²) in [7, 11) is 1.30. The third-order valence-electron chi connectivity index (χ3n) is 1.04. The van der Waals surface area contributed by atoms with Gasteiger partial charge in [-0.15, -0.1) is 0 Å². The van der Waals surface area contributed by atoms with Crippen molar-refractivity contribution in [3.63, 3.8) is 0 Å². The zero-order chi connectivity index (χ0) is 7.40. The first-order valence-electron chi connectivity index (χ1n) is 2.84. The van der Waals surface area contributed by atoms with E-state index in [0.29, 0.717) is 5.71 Å². The third-order valence-corrected chi connectivity index (χ3v) is 1.04. The fourth-order valence-electron chi connectivity index (χ4n) is 0.589. The molecule has 0 unspecified atom stereocenters. The minimum absolute atomic E-state index is 0.564. The van der Waals surface area contributed by atoms with Gasteiger partial charge in [-0.25, -0.2) is 4.79 Å². The summed E-state index contributed by atoms with van der Waals surface area (Å²) in [5, 5.41) is 0. The van der Waals surface area contributed by atoms with Gasteiger partial charge in [0, 0.05) is 0 Å². The van der Waals surface area contributed by atoms with E-state index in [1.165, 1.54) is 7.11 Å². The van der Waals surface area contributed by atoms with Crippen LogP contribution in [0.3, 0.4) is 0 Å². The Kier molecular flexibility index (Phi) is 1.99. The standard InChI is InChI=1S/C7H7NO2/c1-10-7(9)8-6-4-2-3-5-6/h2-5H,1H3. The topological polar surface area (TPSA) is 38.7 Å². The minimum atomic E-state index is -0.564. The second-order valence-electron chi connectivity index (χ2n) is 1.72. The van der Waals surface area contributed by atoms with E-state index in [0.717, 1.165) is 0 Å². The number of carbonyl (C=O) groups excluding carboxylic acids is 1. The molecule has 0 atom stereocenters. The summed E-state index contributed by atoms with van der Waals surface area (Å²) < 4.78 is 4.32. The van der Waals surface area contributed by atoms with E-state index >= 15 is 0 Å². The molecule has 0 spiro atoms. The molecule has 1 amide bonds. The van der Waals surface area contributed by atoms with Crippen LogP contribution in [0.15, 0.2) is 29.3 Å². The van der Waals surface area contributed by atoms with Crippen LogP contribution in [0, 0.1) is 0 Å². The van der Waals surface area contributed by atoms with Crippen molar-refractivity contribution in [1.82, 2.24) is 0 Å². The predicted octanol–water partition coefficient (Wildman–Crippen LogP) is 1.32. The van der Waals surface area contributed by atoms with Gasteiger partial charge in [0.1, 0.15) is 0 Å². The average Bonchev–Trinajstić information content (AvgIpc) is 2.40. The summed E-state index contributed by atoms with van der Waals surface area (Å²) in [6.07, 6.45) is 6.52. The fourth-order valence-corrected chi connectivity index (χ4v) is 0.589. The van der Waals surface area contributed by atoms with Crippen LogP contribution in [0.4, 0.5) is 4.79 Å². The van der Waals surface area contributed by atoms with Gasteiger partial charge in [0.05, 0.1) is 12.8 Å². The van der Waals surface area contributed by atoms with Crippen LogP contribution in [0.5, 0.6) is 0 Å². The van der Waals surface area contributed by atoms with E-state index in [-0.39, 0.29) is 0 Å². The Morgan fingerprint density at radius 1 is 1.50 bits per heavy atom. The predicted molar refractivity (Wildman–Crippen MR) is 38.1 cm³/mol. The van der Waals surface area contributed by atoms with Crippen molar-refractivity contribution in [3.05, 3.63) is 24.3 Å². The number of ether oxygens (including phenoxy) is 1. The number of hydrogen-bond acceptors (Lipinski definition) is 2. The second-order valence-corrected chi connectivity index (χ2v) is 1.72. The van der Waals surface area contributed by atoms with Gasteiger partial charge in [0.25, 0.3) is 0 Å². The fraction of sp³-hybridized carbons (Fsp3) is 0.143. The molecule has 0 aromatic heterocycles. The summed E-state index contributed by atoms with van der Waals surface area (Å²) >= 11 is 0. The lowest BCUT2D eigenvalue weighted by molar-refractivity contribution is 0.182. The van der Waals surface area contributed by atoms with Crippen LogP contribution in [0.25, 0.3) is 0 Å². The molecule has 1 aliphatic carbocycles. The Morgan fingerprint density at radius 3 is 2.60 bits per heavy atom. The molecule has 0 bridgehead atoms. The maximum Gasteiger partial charge on any atom is 0.433 e. The Labute approximate surface area is 58.7 Å². The van der Waals surface area contributed by atoms with Crippen LogP contribution in [-0.4, -0.2) is 18.9 Å². The third kappa shape index (κ3) is 1.55. The average molecular weight is 137 g/mol. The van der Waals surface area contributed by atoms with Crippen molar-refractivity contribution in [2.45, 2.75) is 0 Å². The van der Waals surface area contributed by atoms with Gasteiger partial charge in [0.15, 0.2) is 0 Å². The van der Waals surface area contributed by atoms with Crippen molar-refractivity contribution < 1.29 is 9.53 Å². The molecule has 0 fully saturated rings. The number of carbonyl (C=O) groups is 1. The normalized spacial score (nSPS) is 13.9. The van der Waals surface area contributed by atoms with E-state index in [2.05, 4.69) is 9.73 Å². The molecule has 0 aromatic carbocycles. The van der Waals surface area contributed by atoms with E-state index in [1.807, 2.05) is 12.2 Å². The highest BCUT2D eigenvalue weighted by atomic mass is 16.5. The van der Waals surface area contributed by atoms with Crippen molar-refractivity contribution in [2.75, 3.05) is 7.11 Å². The summed E-state index contributed by atoms with van der Waals surface area (Å²) in [6, 6.07) is 0. The van der Waals surface area contributed by atoms with E-state index in [1.54, 1.807) is 12.2 Å². The van der Waals surface area contributed by atoms with Gasteiger partial charge in [-0.2, -0.15) is 4.99 Å². The van der Waals surface area contributed by atoms with E-state index in [9.17, 15) is 4.79 Å². The first kappa shape index (κ1) is 6.74. The van der Waals surface area contributed by atoms with Gasteiger partial charge in [-0.1, -0.05) is 12.2 Å². The number of amides is 1. The molecular formula is C7H7NO2. The molecule has 0 heterocycles. The zero-order valence-electron chi connectivity index (χ0n) is 5.57. The van der Waals surface area contributed by atoms with Crippen molar-refractivity contribution in [2.24, 2.45) is 4.99 Å². The molecule has 0 aliphatic heterocycles. The number of allylic oxidation sites excluding steroid dienone is 4. The van der Waals surface area contributed by atoms with Gasteiger partial charge < -0.3 is 4.74 Å². The number of nitrogens with zero attached hydrogens (tertiary/aromatic N) is 1. The lowest BCUT2D eigenvalue weighted by Gasteiger charge is -1.89. The number of aliphatic imine (C=N–C) groups is 1. The molecule has 0 radical (unpaired) electrons. The van der Waals surface area contributed by atoms with Crippen LogP contribution in [-0.2, 0) is 4.74 Å². The summed E-state index contributed by atoms with van der Waals surface area (Å²) in [4.78, 5) is 14.1. The maximum atomic E-state index is 10.5. The van der Waals surface area contributed by atoms with Crippen molar-refractivity contribution in [3.8, 4) is 0 Å². The van der Waals surface area contributed by atoms with Crippen molar-refractivity contribution >= 4 is 11.8 Å². The Bertz CT molecular complexity index is 212. The molecule has 1 rings (SSSR count). The number of methoxy groups -OCH3 is 1. The summed E-state index contributed by atoms with van der Waals surface area (Å²) in [6.45, 7) is 0. The lowest BCUT2D eigenvalue weighted by Crippen LogP contribution is -1.96. The van der Waals surface area contributed by atoms with Crippen molar-refractivity contribution in [1.29, 1.82) is 0 Å². The highest BCUT2D eigenvalue weighted by molar-refractivity contribution is 6.10.